The van der Waals surface area contributed by atoms with E-state index < -0.39 is 46.8 Å². The van der Waals surface area contributed by atoms with Crippen molar-refractivity contribution in [1.29, 1.82) is 0 Å². The summed E-state index contributed by atoms with van der Waals surface area (Å²) in [6, 6.07) is 20.9. The number of allylic oxidation sites excluding steroid dienone is 2. The zero-order valence-electron chi connectivity index (χ0n) is 22.5. The van der Waals surface area contributed by atoms with Gasteiger partial charge in [-0.2, -0.15) is 0 Å². The number of aromatic hydroxyl groups is 1. The summed E-state index contributed by atoms with van der Waals surface area (Å²) in [5, 5.41) is 11.7. The van der Waals surface area contributed by atoms with Crippen molar-refractivity contribution < 1.29 is 24.3 Å². The van der Waals surface area contributed by atoms with Crippen molar-refractivity contribution >= 4 is 56.8 Å². The second kappa shape index (κ2) is 9.64. The fraction of sp³-hybridized carbons (Fsp3) is 0.273. The number of carbonyl (C=O) groups is 4. The molecule has 1 saturated carbocycles. The second-order valence-corrected chi connectivity index (χ2v) is 12.9. The average molecular weight is 646 g/mol. The molecule has 0 radical (unpaired) electrons. The van der Waals surface area contributed by atoms with Gasteiger partial charge in [-0.15, -0.1) is 0 Å². The van der Waals surface area contributed by atoms with Gasteiger partial charge in [0.25, 0.3) is 0 Å². The summed E-state index contributed by atoms with van der Waals surface area (Å²) in [6.07, 6.45) is 2.52. The molecule has 3 fully saturated rings. The molecule has 3 aromatic rings. The van der Waals surface area contributed by atoms with E-state index >= 15 is 4.79 Å². The van der Waals surface area contributed by atoms with E-state index in [4.69, 9.17) is 11.6 Å². The minimum absolute atomic E-state index is 0.0201. The monoisotopic (exact) mass is 644 g/mol. The third kappa shape index (κ3) is 3.57. The topological polar surface area (TPSA) is 95.0 Å². The zero-order chi connectivity index (χ0) is 29.5. The van der Waals surface area contributed by atoms with E-state index in [1.54, 1.807) is 42.5 Å². The molecule has 0 unspecified atom stereocenters. The van der Waals surface area contributed by atoms with Gasteiger partial charge in [0.1, 0.15) is 5.75 Å². The maximum Gasteiger partial charge on any atom is 0.246 e. The standard InChI is InChI=1S/C33H26BrClN2O5/c1-36-29(39)22-12-11-21-23(27(22)31(36)41)16-25-30(40)37(20-9-5-8-19(35)15-20)32(42)33(25,17-6-3-2-4-7-17)28(21)24-14-18(34)10-13-26(24)38/h2-11,13-15,22-23,25,27-28,38H,12,16H2,1H3/t22-,23+,25-,27-,28+,33+/m0/s1. The van der Waals surface area contributed by atoms with Crippen molar-refractivity contribution in [2.75, 3.05) is 11.9 Å². The van der Waals surface area contributed by atoms with Crippen molar-refractivity contribution in [2.45, 2.75) is 24.2 Å². The molecule has 0 aromatic heterocycles. The Morgan fingerprint density at radius 1 is 0.905 bits per heavy atom. The third-order valence-electron chi connectivity index (χ3n) is 9.69. The lowest BCUT2D eigenvalue weighted by Crippen LogP contribution is -2.53. The van der Waals surface area contributed by atoms with Gasteiger partial charge in [0, 0.05) is 28.0 Å². The first-order valence-electron chi connectivity index (χ1n) is 13.9. The molecule has 1 N–H and O–H groups in total. The van der Waals surface area contributed by atoms with Gasteiger partial charge in [0.05, 0.1) is 28.9 Å². The van der Waals surface area contributed by atoms with Crippen LogP contribution in [0.5, 0.6) is 5.75 Å². The number of amides is 4. The molecule has 7 rings (SSSR count). The second-order valence-electron chi connectivity index (χ2n) is 11.5. The van der Waals surface area contributed by atoms with E-state index in [0.29, 0.717) is 32.7 Å². The molecule has 212 valence electrons. The predicted octanol–water partition coefficient (Wildman–Crippen LogP) is 5.60. The summed E-state index contributed by atoms with van der Waals surface area (Å²) in [7, 11) is 1.50. The fourth-order valence-electron chi connectivity index (χ4n) is 8.00. The summed E-state index contributed by atoms with van der Waals surface area (Å²) in [5.74, 6) is -4.60. The highest BCUT2D eigenvalue weighted by atomic mass is 79.9. The molecule has 0 bridgehead atoms. The van der Waals surface area contributed by atoms with Gasteiger partial charge >= 0.3 is 0 Å². The lowest BCUT2D eigenvalue weighted by Gasteiger charge is -2.50. The normalized spacial score (nSPS) is 30.3. The summed E-state index contributed by atoms with van der Waals surface area (Å²) in [6.45, 7) is 0. The minimum atomic E-state index is -1.42. The maximum absolute atomic E-state index is 15.0. The molecule has 6 atom stereocenters. The highest BCUT2D eigenvalue weighted by Crippen LogP contribution is 2.65. The van der Waals surface area contributed by atoms with E-state index in [9.17, 15) is 19.5 Å². The lowest BCUT2D eigenvalue weighted by atomic mass is 9.49. The number of anilines is 1. The fourth-order valence-corrected chi connectivity index (χ4v) is 8.57. The van der Waals surface area contributed by atoms with Gasteiger partial charge in [0.2, 0.25) is 23.6 Å². The van der Waals surface area contributed by atoms with E-state index in [-0.39, 0.29) is 24.0 Å². The Labute approximate surface area is 255 Å². The van der Waals surface area contributed by atoms with Gasteiger partial charge in [0.15, 0.2) is 0 Å². The highest BCUT2D eigenvalue weighted by Gasteiger charge is 2.70. The third-order valence-corrected chi connectivity index (χ3v) is 10.4. The predicted molar refractivity (Wildman–Crippen MR) is 160 cm³/mol. The Morgan fingerprint density at radius 3 is 2.40 bits per heavy atom. The Kier molecular flexibility index (Phi) is 6.22. The van der Waals surface area contributed by atoms with Crippen LogP contribution in [0.25, 0.3) is 0 Å². The quantitative estimate of drug-likeness (QED) is 0.296. The molecule has 7 nitrogen and oxygen atoms in total. The number of nitrogens with zero attached hydrogens (tertiary/aromatic N) is 2. The van der Waals surface area contributed by atoms with Crippen LogP contribution < -0.4 is 4.90 Å². The summed E-state index contributed by atoms with van der Waals surface area (Å²) in [4.78, 5) is 58.6. The van der Waals surface area contributed by atoms with Crippen molar-refractivity contribution in [3.8, 4) is 5.75 Å². The number of fused-ring (bicyclic) bond motifs is 4. The van der Waals surface area contributed by atoms with Crippen LogP contribution >= 0.6 is 27.5 Å². The van der Waals surface area contributed by atoms with Crippen molar-refractivity contribution in [2.24, 2.45) is 23.7 Å². The minimum Gasteiger partial charge on any atom is -0.508 e. The van der Waals surface area contributed by atoms with Crippen LogP contribution in [-0.4, -0.2) is 40.7 Å². The molecule has 2 heterocycles. The highest BCUT2D eigenvalue weighted by molar-refractivity contribution is 9.10. The van der Waals surface area contributed by atoms with Crippen LogP contribution in [0.4, 0.5) is 5.69 Å². The number of phenols is 1. The number of benzene rings is 3. The molecule has 2 aliphatic heterocycles. The van der Waals surface area contributed by atoms with E-state index in [2.05, 4.69) is 15.9 Å². The number of hydrogen-bond acceptors (Lipinski definition) is 5. The molecular formula is C33H26BrClN2O5. The molecule has 4 aliphatic rings. The van der Waals surface area contributed by atoms with E-state index in [0.717, 1.165) is 5.57 Å². The first kappa shape index (κ1) is 27.1. The number of halogens is 2. The number of likely N-dealkylation sites (tertiary alicyclic amines) is 1. The van der Waals surface area contributed by atoms with Crippen LogP contribution in [0.1, 0.15) is 29.9 Å². The Balaban J connectivity index is 1.54. The first-order valence-corrected chi connectivity index (χ1v) is 15.0. The van der Waals surface area contributed by atoms with Gasteiger partial charge in [-0.3, -0.25) is 24.1 Å². The number of carbonyl (C=O) groups excluding carboxylic acids is 4. The maximum atomic E-state index is 15.0. The molecule has 2 aliphatic carbocycles. The van der Waals surface area contributed by atoms with Crippen LogP contribution in [0, 0.1) is 23.7 Å². The SMILES string of the molecule is CN1C(=O)[C@H]2[C@H](CC=C3[C@H]2C[C@H]2C(=O)N(c4cccc(Cl)c4)C(=O)[C@@]2(c2ccccc2)[C@H]3c2cc(Br)ccc2O)C1=O. The molecule has 4 amide bonds. The van der Waals surface area contributed by atoms with E-state index in [1.807, 2.05) is 36.4 Å². The Hall–Kier alpha value is -3.75. The zero-order valence-corrected chi connectivity index (χ0v) is 24.9. The smallest absolute Gasteiger partial charge is 0.246 e. The van der Waals surface area contributed by atoms with Gasteiger partial charge in [-0.05, 0) is 60.7 Å². The molecule has 2 saturated heterocycles. The van der Waals surface area contributed by atoms with Crippen molar-refractivity contribution in [3.63, 3.8) is 0 Å². The molecule has 0 spiro atoms. The average Bonchev–Trinajstić information content (AvgIpc) is 3.35. The number of imide groups is 2. The van der Waals surface area contributed by atoms with Crippen LogP contribution in [0.15, 0.2) is 88.9 Å². The van der Waals surface area contributed by atoms with Crippen molar-refractivity contribution in [1.82, 2.24) is 4.90 Å². The molecule has 9 heteroatoms. The van der Waals surface area contributed by atoms with Crippen molar-refractivity contribution in [3.05, 3.63) is 105 Å². The van der Waals surface area contributed by atoms with E-state index in [1.165, 1.54) is 16.8 Å². The van der Waals surface area contributed by atoms with Gasteiger partial charge < -0.3 is 5.11 Å². The Bertz CT molecular complexity index is 1720. The first-order chi connectivity index (χ1) is 20.2. The van der Waals surface area contributed by atoms with Crippen LogP contribution in [0.3, 0.4) is 0 Å². The number of hydrogen-bond donors (Lipinski definition) is 1. The number of rotatable bonds is 3. The van der Waals surface area contributed by atoms with Gasteiger partial charge in [-0.25, -0.2) is 4.90 Å². The summed E-state index contributed by atoms with van der Waals surface area (Å²) >= 11 is 9.86. The molecule has 3 aromatic carbocycles. The van der Waals surface area contributed by atoms with Crippen LogP contribution in [-0.2, 0) is 24.6 Å². The summed E-state index contributed by atoms with van der Waals surface area (Å²) < 4.78 is 0.696. The molecule has 42 heavy (non-hydrogen) atoms. The Morgan fingerprint density at radius 2 is 1.67 bits per heavy atom. The summed E-state index contributed by atoms with van der Waals surface area (Å²) in [5.41, 5.74) is 0.865. The lowest BCUT2D eigenvalue weighted by molar-refractivity contribution is -0.138. The largest absolute Gasteiger partial charge is 0.508 e. The molecular weight excluding hydrogens is 620 g/mol. The van der Waals surface area contributed by atoms with Crippen LogP contribution in [0.2, 0.25) is 5.02 Å². The number of phenolic OH excluding ortho intramolecular Hbond substituents is 1. The van der Waals surface area contributed by atoms with Gasteiger partial charge in [-0.1, -0.05) is 75.6 Å².